The molecule has 4 aliphatic rings. The van der Waals surface area contributed by atoms with Crippen LogP contribution in [-0.4, -0.2) is 32.0 Å². The maximum Gasteiger partial charge on any atom is 0.240 e. The molecule has 0 aliphatic carbocycles. The highest BCUT2D eigenvalue weighted by Crippen LogP contribution is 2.38. The third-order valence-corrected chi connectivity index (χ3v) is 7.14. The number of carbonyl (C=O) groups is 1. The third kappa shape index (κ3) is 2.11. The Kier molecular flexibility index (Phi) is 3.44. The van der Waals surface area contributed by atoms with E-state index in [-0.39, 0.29) is 10.8 Å². The van der Waals surface area contributed by atoms with Gasteiger partial charge in [0.2, 0.25) is 6.17 Å². The highest BCUT2D eigenvalue weighted by molar-refractivity contribution is 5.96. The van der Waals surface area contributed by atoms with E-state index in [4.69, 9.17) is 0 Å². The van der Waals surface area contributed by atoms with Crippen LogP contribution in [0.15, 0.2) is 54.6 Å². The Morgan fingerprint density at radius 1 is 0.923 bits per heavy atom. The zero-order valence-corrected chi connectivity index (χ0v) is 15.7. The van der Waals surface area contributed by atoms with Crippen LogP contribution >= 0.6 is 0 Å². The van der Waals surface area contributed by atoms with Crippen LogP contribution in [0.2, 0.25) is 0 Å². The maximum atomic E-state index is 13.5. The predicted molar refractivity (Wildman–Crippen MR) is 101 cm³/mol. The molecule has 2 aromatic carbocycles. The van der Waals surface area contributed by atoms with E-state index in [0.717, 1.165) is 32.6 Å². The number of hydrogen-bond donors (Lipinski definition) is 2. The minimum absolute atomic E-state index is 0.184. The molecule has 0 saturated carbocycles. The number of nitrogens with one attached hydrogen (secondary N) is 2. The van der Waals surface area contributed by atoms with Gasteiger partial charge in [0, 0.05) is 0 Å². The average molecular weight is 348 g/mol. The topological polar surface area (TPSA) is 26.0 Å². The van der Waals surface area contributed by atoms with E-state index >= 15 is 0 Å². The molecule has 0 spiro atoms. The molecular weight excluding hydrogens is 320 g/mol. The van der Waals surface area contributed by atoms with Crippen molar-refractivity contribution >= 4 is 5.78 Å². The highest BCUT2D eigenvalue weighted by Gasteiger charge is 2.70. The first-order valence-corrected chi connectivity index (χ1v) is 9.94. The van der Waals surface area contributed by atoms with Gasteiger partial charge < -0.3 is 0 Å². The van der Waals surface area contributed by atoms with Crippen LogP contribution in [0, 0.1) is 5.41 Å². The number of ketones is 1. The Morgan fingerprint density at radius 2 is 1.54 bits per heavy atom. The molecule has 6 rings (SSSR count). The lowest BCUT2D eigenvalue weighted by Crippen LogP contribution is -3.41. The lowest BCUT2D eigenvalue weighted by Gasteiger charge is -2.59. The van der Waals surface area contributed by atoms with Crippen molar-refractivity contribution in [2.45, 2.75) is 31.8 Å². The van der Waals surface area contributed by atoms with E-state index in [9.17, 15) is 4.79 Å². The summed E-state index contributed by atoms with van der Waals surface area (Å²) >= 11 is 0. The van der Waals surface area contributed by atoms with E-state index in [1.54, 1.807) is 9.80 Å². The van der Waals surface area contributed by atoms with Crippen molar-refractivity contribution in [3.05, 3.63) is 71.3 Å². The van der Waals surface area contributed by atoms with Crippen LogP contribution < -0.4 is 9.80 Å². The number of Topliss-reactive ketones (excluding diaryl/α,β-unsaturated/α-hetero) is 1. The van der Waals surface area contributed by atoms with Crippen LogP contribution in [0.25, 0.3) is 0 Å². The second-order valence-corrected chi connectivity index (χ2v) is 8.89. The molecule has 2 atom stereocenters. The fourth-order valence-electron chi connectivity index (χ4n) is 6.13. The SMILES string of the molecule is CCc1ccc(C2[NH+]3CC4(C)C[NH+]2CC(c2ccccc2)(C3)C4=O)cc1. The summed E-state index contributed by atoms with van der Waals surface area (Å²) in [6.45, 7) is 8.25. The average Bonchev–Trinajstić information content (AvgIpc) is 2.66. The summed E-state index contributed by atoms with van der Waals surface area (Å²) in [6, 6.07) is 19.8. The number of aryl methyl sites for hydroxylation is 1. The molecule has 3 nitrogen and oxygen atoms in total. The van der Waals surface area contributed by atoms with Gasteiger partial charge in [-0.1, -0.05) is 49.4 Å². The van der Waals surface area contributed by atoms with Crippen LogP contribution in [-0.2, 0) is 16.6 Å². The van der Waals surface area contributed by atoms with Crippen molar-refractivity contribution in [3.8, 4) is 0 Å². The Bertz CT molecular complexity index is 826. The molecule has 0 radical (unpaired) electrons. The standard InChI is InChI=1S/C23H26N2O/c1-3-17-9-11-18(12-10-17)20-24-13-22(2)14-25(20)16-23(15-24,21(22)26)19-7-5-4-6-8-19/h4-12,20H,3,13-16H2,1-2H3/p+2. The zero-order chi connectivity index (χ0) is 17.9. The van der Waals surface area contributed by atoms with E-state index in [0.29, 0.717) is 11.9 Å². The molecule has 2 unspecified atom stereocenters. The summed E-state index contributed by atoms with van der Waals surface area (Å²) in [5.74, 6) is 0.489. The monoisotopic (exact) mass is 348 g/mol. The minimum atomic E-state index is -0.295. The summed E-state index contributed by atoms with van der Waals surface area (Å²) in [6.07, 6.45) is 1.56. The number of rotatable bonds is 3. The van der Waals surface area contributed by atoms with E-state index in [2.05, 4.69) is 68.4 Å². The number of quaternary nitrogens is 2. The largest absolute Gasteiger partial charge is 0.297 e. The first kappa shape index (κ1) is 16.2. The van der Waals surface area contributed by atoms with Crippen molar-refractivity contribution in [2.75, 3.05) is 26.2 Å². The van der Waals surface area contributed by atoms with Crippen molar-refractivity contribution < 1.29 is 14.6 Å². The molecule has 2 aromatic rings. The van der Waals surface area contributed by atoms with E-state index < -0.39 is 0 Å². The summed E-state index contributed by atoms with van der Waals surface area (Å²) in [4.78, 5) is 16.7. The Balaban J connectivity index is 1.56. The smallest absolute Gasteiger partial charge is 0.240 e. The minimum Gasteiger partial charge on any atom is -0.297 e. The zero-order valence-electron chi connectivity index (χ0n) is 15.7. The normalized spacial score (nSPS) is 37.9. The molecule has 3 heteroatoms. The molecule has 134 valence electrons. The maximum absolute atomic E-state index is 13.5. The number of piperidine rings is 2. The van der Waals surface area contributed by atoms with Gasteiger partial charge in [-0.2, -0.15) is 0 Å². The van der Waals surface area contributed by atoms with Crippen LogP contribution in [0.4, 0.5) is 0 Å². The Morgan fingerprint density at radius 3 is 2.12 bits per heavy atom. The van der Waals surface area contributed by atoms with Crippen molar-refractivity contribution in [1.29, 1.82) is 0 Å². The van der Waals surface area contributed by atoms with Gasteiger partial charge in [0.15, 0.2) is 11.2 Å². The van der Waals surface area contributed by atoms with Gasteiger partial charge in [0.1, 0.15) is 31.6 Å². The lowest BCUT2D eigenvalue weighted by molar-refractivity contribution is -1.18. The quantitative estimate of drug-likeness (QED) is 0.833. The lowest BCUT2D eigenvalue weighted by atomic mass is 9.58. The molecule has 26 heavy (non-hydrogen) atoms. The molecule has 4 fully saturated rings. The van der Waals surface area contributed by atoms with E-state index in [1.807, 2.05) is 0 Å². The van der Waals surface area contributed by atoms with Crippen molar-refractivity contribution in [3.63, 3.8) is 0 Å². The fourth-order valence-corrected chi connectivity index (χ4v) is 6.13. The second-order valence-electron chi connectivity index (χ2n) is 8.89. The van der Waals surface area contributed by atoms with Gasteiger partial charge in [0.05, 0.1) is 5.56 Å². The Labute approximate surface area is 155 Å². The predicted octanol–water partition coefficient (Wildman–Crippen LogP) is 0.572. The molecular formula is C23H28N2O+2. The Hall–Kier alpha value is -1.97. The van der Waals surface area contributed by atoms with E-state index in [1.165, 1.54) is 16.7 Å². The van der Waals surface area contributed by atoms with Gasteiger partial charge in [-0.25, -0.2) is 0 Å². The number of benzene rings is 2. The van der Waals surface area contributed by atoms with Crippen LogP contribution in [0.5, 0.6) is 0 Å². The third-order valence-electron chi connectivity index (χ3n) is 7.14. The van der Waals surface area contributed by atoms with Gasteiger partial charge >= 0.3 is 0 Å². The van der Waals surface area contributed by atoms with Crippen molar-refractivity contribution in [2.24, 2.45) is 5.41 Å². The summed E-state index contributed by atoms with van der Waals surface area (Å²) in [5.41, 5.74) is 3.58. The first-order valence-electron chi connectivity index (χ1n) is 9.94. The molecule has 0 amide bonds. The van der Waals surface area contributed by atoms with Gasteiger partial charge in [-0.05, 0) is 36.6 Å². The molecule has 4 bridgehead atoms. The van der Waals surface area contributed by atoms with Crippen LogP contribution in [0.1, 0.15) is 36.7 Å². The van der Waals surface area contributed by atoms with Gasteiger partial charge in [0.25, 0.3) is 0 Å². The first-order chi connectivity index (χ1) is 12.6. The molecule has 4 saturated heterocycles. The number of hydrogen-bond acceptors (Lipinski definition) is 1. The fraction of sp³-hybridized carbons (Fsp3) is 0.435. The van der Waals surface area contributed by atoms with Gasteiger partial charge in [-0.15, -0.1) is 0 Å². The molecule has 4 aliphatic heterocycles. The van der Waals surface area contributed by atoms with Gasteiger partial charge in [-0.3, -0.25) is 14.6 Å². The van der Waals surface area contributed by atoms with Crippen LogP contribution in [0.3, 0.4) is 0 Å². The number of carbonyl (C=O) groups excluding carboxylic acids is 1. The molecule has 2 N–H and O–H groups in total. The van der Waals surface area contributed by atoms with Crippen molar-refractivity contribution in [1.82, 2.24) is 0 Å². The second kappa shape index (κ2) is 5.51. The summed E-state index contributed by atoms with van der Waals surface area (Å²) < 4.78 is 0. The summed E-state index contributed by atoms with van der Waals surface area (Å²) in [7, 11) is 0. The highest BCUT2D eigenvalue weighted by atomic mass is 16.1. The summed E-state index contributed by atoms with van der Waals surface area (Å²) in [5, 5.41) is 0. The molecule has 4 heterocycles. The molecule has 0 aromatic heterocycles.